The summed E-state index contributed by atoms with van der Waals surface area (Å²) in [6.45, 7) is 5.38. The molecule has 5 heteroatoms. The number of rotatable bonds is 3. The van der Waals surface area contributed by atoms with Gasteiger partial charge in [0.2, 0.25) is 0 Å². The van der Waals surface area contributed by atoms with Gasteiger partial charge < -0.3 is 10.5 Å². The highest BCUT2D eigenvalue weighted by Gasteiger charge is 2.25. The minimum Gasteiger partial charge on any atom is -0.374 e. The Bertz CT molecular complexity index is 338. The molecule has 2 heterocycles. The minimum atomic E-state index is 0.174. The Morgan fingerprint density at radius 3 is 3.06 bits per heavy atom. The number of nitrogens with two attached hydrogens (primary N) is 1. The number of ether oxygens (including phenoxy) is 1. The SMILES string of the molecule is CC1COC(CN)CN1Cc1cnn(C)c1. The maximum absolute atomic E-state index is 5.64. The minimum absolute atomic E-state index is 0.174. The highest BCUT2D eigenvalue weighted by atomic mass is 16.5. The van der Waals surface area contributed by atoms with Crippen molar-refractivity contribution in [2.24, 2.45) is 12.8 Å². The fourth-order valence-corrected chi connectivity index (χ4v) is 2.03. The van der Waals surface area contributed by atoms with E-state index in [0.29, 0.717) is 12.6 Å². The molecule has 0 aliphatic carbocycles. The molecule has 90 valence electrons. The second-order valence-electron chi connectivity index (χ2n) is 4.49. The lowest BCUT2D eigenvalue weighted by molar-refractivity contribution is -0.0567. The van der Waals surface area contributed by atoms with Crippen LogP contribution in [-0.2, 0) is 18.3 Å². The Balaban J connectivity index is 1.96. The van der Waals surface area contributed by atoms with Gasteiger partial charge in [-0.05, 0) is 6.92 Å². The van der Waals surface area contributed by atoms with Gasteiger partial charge in [0.25, 0.3) is 0 Å². The lowest BCUT2D eigenvalue weighted by atomic mass is 10.1. The quantitative estimate of drug-likeness (QED) is 0.783. The molecule has 5 nitrogen and oxygen atoms in total. The van der Waals surface area contributed by atoms with E-state index in [-0.39, 0.29) is 6.10 Å². The van der Waals surface area contributed by atoms with Crippen molar-refractivity contribution in [3.63, 3.8) is 0 Å². The van der Waals surface area contributed by atoms with E-state index in [1.807, 2.05) is 17.9 Å². The maximum atomic E-state index is 5.64. The fraction of sp³-hybridized carbons (Fsp3) is 0.727. The van der Waals surface area contributed by atoms with Crippen molar-refractivity contribution >= 4 is 0 Å². The van der Waals surface area contributed by atoms with Gasteiger partial charge >= 0.3 is 0 Å². The van der Waals surface area contributed by atoms with Gasteiger partial charge in [0.15, 0.2) is 0 Å². The van der Waals surface area contributed by atoms with Crippen LogP contribution < -0.4 is 5.73 Å². The van der Waals surface area contributed by atoms with Crippen molar-refractivity contribution in [3.8, 4) is 0 Å². The van der Waals surface area contributed by atoms with E-state index in [0.717, 1.165) is 19.7 Å². The summed E-state index contributed by atoms with van der Waals surface area (Å²) in [4.78, 5) is 2.40. The monoisotopic (exact) mass is 224 g/mol. The third-order valence-electron chi connectivity index (χ3n) is 3.04. The summed E-state index contributed by atoms with van der Waals surface area (Å²) < 4.78 is 7.46. The summed E-state index contributed by atoms with van der Waals surface area (Å²) in [6, 6.07) is 0.447. The number of morpholine rings is 1. The maximum Gasteiger partial charge on any atom is 0.0824 e. The summed E-state index contributed by atoms with van der Waals surface area (Å²) >= 11 is 0. The highest BCUT2D eigenvalue weighted by Crippen LogP contribution is 2.14. The topological polar surface area (TPSA) is 56.3 Å². The molecular weight excluding hydrogens is 204 g/mol. The van der Waals surface area contributed by atoms with Crippen molar-refractivity contribution in [2.75, 3.05) is 19.7 Å². The largest absolute Gasteiger partial charge is 0.374 e. The molecule has 1 aliphatic heterocycles. The van der Waals surface area contributed by atoms with Gasteiger partial charge in [-0.2, -0.15) is 5.10 Å². The first-order chi connectivity index (χ1) is 7.69. The van der Waals surface area contributed by atoms with Crippen molar-refractivity contribution in [1.82, 2.24) is 14.7 Å². The average molecular weight is 224 g/mol. The van der Waals surface area contributed by atoms with Crippen LogP contribution in [0.4, 0.5) is 0 Å². The molecule has 1 aromatic rings. The van der Waals surface area contributed by atoms with Gasteiger partial charge in [-0.25, -0.2) is 0 Å². The van der Waals surface area contributed by atoms with Crippen LogP contribution in [0.3, 0.4) is 0 Å². The van der Waals surface area contributed by atoms with Gasteiger partial charge in [-0.15, -0.1) is 0 Å². The first kappa shape index (κ1) is 11.6. The zero-order chi connectivity index (χ0) is 11.5. The fourth-order valence-electron chi connectivity index (χ4n) is 2.03. The Morgan fingerprint density at radius 2 is 2.44 bits per heavy atom. The van der Waals surface area contributed by atoms with Crippen molar-refractivity contribution in [3.05, 3.63) is 18.0 Å². The van der Waals surface area contributed by atoms with E-state index in [9.17, 15) is 0 Å². The highest BCUT2D eigenvalue weighted by molar-refractivity contribution is 5.04. The second-order valence-corrected chi connectivity index (χ2v) is 4.49. The molecule has 16 heavy (non-hydrogen) atoms. The molecule has 1 aliphatic rings. The van der Waals surface area contributed by atoms with E-state index < -0.39 is 0 Å². The van der Waals surface area contributed by atoms with E-state index in [1.165, 1.54) is 5.56 Å². The van der Waals surface area contributed by atoms with Crippen molar-refractivity contribution < 1.29 is 4.74 Å². The molecule has 2 atom stereocenters. The lowest BCUT2D eigenvalue weighted by Gasteiger charge is -2.37. The van der Waals surface area contributed by atoms with Crippen molar-refractivity contribution in [1.29, 1.82) is 0 Å². The van der Waals surface area contributed by atoms with Gasteiger partial charge in [0.1, 0.15) is 0 Å². The van der Waals surface area contributed by atoms with Crippen LogP contribution in [0.25, 0.3) is 0 Å². The van der Waals surface area contributed by atoms with Gasteiger partial charge in [-0.1, -0.05) is 0 Å². The van der Waals surface area contributed by atoms with Crippen LogP contribution in [0.2, 0.25) is 0 Å². The van der Waals surface area contributed by atoms with Gasteiger partial charge in [0, 0.05) is 44.5 Å². The molecule has 1 aromatic heterocycles. The summed E-state index contributed by atoms with van der Waals surface area (Å²) in [6.07, 6.45) is 4.15. The molecule has 0 radical (unpaired) electrons. The zero-order valence-electron chi connectivity index (χ0n) is 9.97. The summed E-state index contributed by atoms with van der Waals surface area (Å²) in [5.41, 5.74) is 6.88. The van der Waals surface area contributed by atoms with Crippen LogP contribution in [0.1, 0.15) is 12.5 Å². The molecule has 0 aromatic carbocycles. The standard InChI is InChI=1S/C11H20N4O/c1-9-8-16-11(3-12)7-15(9)6-10-4-13-14(2)5-10/h4-5,9,11H,3,6-8,12H2,1-2H3. The molecule has 2 unspecified atom stereocenters. The van der Waals surface area contributed by atoms with Crippen LogP contribution in [0.5, 0.6) is 0 Å². The van der Waals surface area contributed by atoms with E-state index in [2.05, 4.69) is 23.1 Å². The number of hydrogen-bond donors (Lipinski definition) is 1. The first-order valence-corrected chi connectivity index (χ1v) is 5.72. The molecule has 0 bridgehead atoms. The average Bonchev–Trinajstić information content (AvgIpc) is 2.67. The Hall–Kier alpha value is -0.910. The third kappa shape index (κ3) is 2.61. The molecule has 0 saturated carbocycles. The number of aromatic nitrogens is 2. The van der Waals surface area contributed by atoms with Crippen LogP contribution in [0, 0.1) is 0 Å². The smallest absolute Gasteiger partial charge is 0.0824 e. The number of hydrogen-bond acceptors (Lipinski definition) is 4. The third-order valence-corrected chi connectivity index (χ3v) is 3.04. The summed E-state index contributed by atoms with van der Waals surface area (Å²) in [7, 11) is 1.94. The molecule has 0 spiro atoms. The number of nitrogens with zero attached hydrogens (tertiary/aromatic N) is 3. The predicted octanol–water partition coefficient (Wildman–Crippen LogP) is -0.0319. The molecule has 0 amide bonds. The van der Waals surface area contributed by atoms with Crippen molar-refractivity contribution in [2.45, 2.75) is 25.6 Å². The first-order valence-electron chi connectivity index (χ1n) is 5.72. The summed E-state index contributed by atoms with van der Waals surface area (Å²) in [5.74, 6) is 0. The molecule has 1 saturated heterocycles. The van der Waals surface area contributed by atoms with Crippen LogP contribution >= 0.6 is 0 Å². The Kier molecular flexibility index (Phi) is 3.58. The zero-order valence-corrected chi connectivity index (χ0v) is 9.97. The van der Waals surface area contributed by atoms with E-state index in [1.54, 1.807) is 0 Å². The Labute approximate surface area is 96.2 Å². The van der Waals surface area contributed by atoms with E-state index in [4.69, 9.17) is 10.5 Å². The van der Waals surface area contributed by atoms with Gasteiger partial charge in [0.05, 0.1) is 18.9 Å². The molecule has 1 fully saturated rings. The molecular formula is C11H20N4O. The normalized spacial score (nSPS) is 27.2. The predicted molar refractivity (Wildman–Crippen MR) is 61.9 cm³/mol. The summed E-state index contributed by atoms with van der Waals surface area (Å²) in [5, 5.41) is 4.18. The van der Waals surface area contributed by atoms with Gasteiger partial charge in [-0.3, -0.25) is 9.58 Å². The van der Waals surface area contributed by atoms with Crippen LogP contribution in [0.15, 0.2) is 12.4 Å². The van der Waals surface area contributed by atoms with E-state index >= 15 is 0 Å². The second kappa shape index (κ2) is 4.95. The lowest BCUT2D eigenvalue weighted by Crippen LogP contribution is -2.49. The number of aryl methyl sites for hydroxylation is 1. The molecule has 2 N–H and O–H groups in total. The molecule has 2 rings (SSSR count). The van der Waals surface area contributed by atoms with Crippen LogP contribution in [-0.4, -0.2) is 46.5 Å². The Morgan fingerprint density at radius 1 is 1.62 bits per heavy atom.